The Labute approximate surface area is 196 Å². The molecule has 0 spiro atoms. The van der Waals surface area contributed by atoms with E-state index in [9.17, 15) is 9.59 Å². The molecule has 0 saturated heterocycles. The van der Waals surface area contributed by atoms with E-state index in [0.717, 1.165) is 12.8 Å². The van der Waals surface area contributed by atoms with E-state index in [-0.39, 0.29) is 24.1 Å². The summed E-state index contributed by atoms with van der Waals surface area (Å²) in [7, 11) is 1.68. The molecule has 0 radical (unpaired) electrons. The van der Waals surface area contributed by atoms with E-state index in [1.165, 1.54) is 15.8 Å². The van der Waals surface area contributed by atoms with Gasteiger partial charge in [-0.25, -0.2) is 0 Å². The fraction of sp³-hybridized carbons (Fsp3) is 0.304. The average molecular weight is 470 g/mol. The van der Waals surface area contributed by atoms with Crippen molar-refractivity contribution in [3.63, 3.8) is 0 Å². The molecule has 4 rings (SSSR count). The van der Waals surface area contributed by atoms with E-state index in [1.807, 2.05) is 18.2 Å². The first-order valence-corrected chi connectivity index (χ1v) is 11.0. The van der Waals surface area contributed by atoms with Crippen molar-refractivity contribution in [1.82, 2.24) is 19.9 Å². The van der Waals surface area contributed by atoms with Crippen molar-refractivity contribution in [2.24, 2.45) is 7.05 Å². The first-order chi connectivity index (χ1) is 16.0. The van der Waals surface area contributed by atoms with Gasteiger partial charge >= 0.3 is 0 Å². The molecule has 0 unspecified atom stereocenters. The Morgan fingerprint density at radius 2 is 1.91 bits per heavy atom. The summed E-state index contributed by atoms with van der Waals surface area (Å²) < 4.78 is 13.4. The van der Waals surface area contributed by atoms with Crippen LogP contribution in [-0.2, 0) is 11.8 Å². The molecule has 9 nitrogen and oxygen atoms in total. The lowest BCUT2D eigenvalue weighted by molar-refractivity contribution is -0.116. The zero-order valence-corrected chi connectivity index (χ0v) is 18.9. The van der Waals surface area contributed by atoms with E-state index in [2.05, 4.69) is 15.6 Å². The Morgan fingerprint density at radius 3 is 2.70 bits per heavy atom. The molecule has 0 saturated carbocycles. The van der Waals surface area contributed by atoms with Crippen LogP contribution in [0.3, 0.4) is 0 Å². The van der Waals surface area contributed by atoms with Crippen molar-refractivity contribution >= 4 is 29.1 Å². The molecular weight excluding hydrogens is 446 g/mol. The number of fused-ring (bicyclic) bond motifs is 2. The molecule has 1 N–H and O–H groups in total. The van der Waals surface area contributed by atoms with Gasteiger partial charge in [0.25, 0.3) is 5.91 Å². The molecule has 1 aliphatic rings. The predicted molar refractivity (Wildman–Crippen MR) is 123 cm³/mol. The van der Waals surface area contributed by atoms with Gasteiger partial charge in [0.15, 0.2) is 22.9 Å². The minimum Gasteiger partial charge on any atom is -0.490 e. The van der Waals surface area contributed by atoms with Crippen LogP contribution in [0.15, 0.2) is 48.7 Å². The molecule has 33 heavy (non-hydrogen) atoms. The molecule has 1 aromatic heterocycles. The smallest absolute Gasteiger partial charge is 0.276 e. The van der Waals surface area contributed by atoms with Gasteiger partial charge in [0.2, 0.25) is 5.91 Å². The van der Waals surface area contributed by atoms with Gasteiger partial charge in [-0.15, -0.1) is 5.10 Å². The maximum atomic E-state index is 13.0. The van der Waals surface area contributed by atoms with Gasteiger partial charge in [-0.3, -0.25) is 14.3 Å². The molecule has 3 aromatic rings. The average Bonchev–Trinajstić information content (AvgIpc) is 3.23. The summed E-state index contributed by atoms with van der Waals surface area (Å²) in [6.45, 7) is 0.760. The Balaban J connectivity index is 1.61. The van der Waals surface area contributed by atoms with Crippen LogP contribution in [0.5, 0.6) is 17.2 Å². The van der Waals surface area contributed by atoms with Crippen LogP contribution in [-0.4, -0.2) is 51.4 Å². The van der Waals surface area contributed by atoms with Gasteiger partial charge in [0.1, 0.15) is 6.54 Å². The third-order valence-corrected chi connectivity index (χ3v) is 5.29. The third-order valence-electron chi connectivity index (χ3n) is 5.06. The fourth-order valence-corrected chi connectivity index (χ4v) is 3.62. The van der Waals surface area contributed by atoms with Gasteiger partial charge < -0.3 is 19.7 Å². The largest absolute Gasteiger partial charge is 0.490 e. The number of anilines is 1. The van der Waals surface area contributed by atoms with Crippen molar-refractivity contribution in [3.8, 4) is 17.2 Å². The van der Waals surface area contributed by atoms with Crippen LogP contribution in [0.2, 0.25) is 5.02 Å². The number of aromatic nitrogens is 3. The number of nitrogens with one attached hydrogen (secondary N) is 1. The second-order valence-electron chi connectivity index (χ2n) is 7.65. The number of amides is 2. The molecule has 1 aliphatic heterocycles. The second kappa shape index (κ2) is 10.4. The number of carbonyl (C=O) groups excluding carboxylic acids is 2. The highest BCUT2D eigenvalue weighted by Gasteiger charge is 2.22. The number of carbonyl (C=O) groups is 2. The first-order valence-electron chi connectivity index (χ1n) is 10.6. The number of benzene rings is 2. The van der Waals surface area contributed by atoms with E-state index < -0.39 is 0 Å². The van der Waals surface area contributed by atoms with Crippen LogP contribution in [0, 0.1) is 0 Å². The second-order valence-corrected chi connectivity index (χ2v) is 8.09. The van der Waals surface area contributed by atoms with Crippen LogP contribution in [0.25, 0.3) is 0 Å². The molecule has 0 bridgehead atoms. The van der Waals surface area contributed by atoms with Crippen molar-refractivity contribution in [2.75, 3.05) is 25.0 Å². The van der Waals surface area contributed by atoms with Gasteiger partial charge in [0.05, 0.1) is 18.5 Å². The fourth-order valence-electron chi connectivity index (χ4n) is 3.45. The Morgan fingerprint density at radius 1 is 1.09 bits per heavy atom. The summed E-state index contributed by atoms with van der Waals surface area (Å²) in [6.07, 6.45) is 3.86. The van der Waals surface area contributed by atoms with Crippen LogP contribution in [0.1, 0.15) is 29.8 Å². The highest BCUT2D eigenvalue weighted by Crippen LogP contribution is 2.36. The summed E-state index contributed by atoms with van der Waals surface area (Å²) in [5.74, 6) is 0.821. The van der Waals surface area contributed by atoms with Gasteiger partial charge in [-0.1, -0.05) is 28.9 Å². The molecule has 2 amide bonds. The number of rotatable bonds is 1. The number of hydrogen-bond donors (Lipinski definition) is 1. The molecule has 10 heteroatoms. The van der Waals surface area contributed by atoms with E-state index in [0.29, 0.717) is 47.5 Å². The number of nitrogens with zero attached hydrogens (tertiary/aromatic N) is 4. The van der Waals surface area contributed by atoms with Crippen molar-refractivity contribution < 1.29 is 19.1 Å². The first kappa shape index (κ1) is 22.6. The number of halogens is 1. The molecular formula is C23H24ClN5O4. The molecule has 0 atom stereocenters. The Kier molecular flexibility index (Phi) is 7.09. The lowest BCUT2D eigenvalue weighted by atomic mass is 10.2. The van der Waals surface area contributed by atoms with E-state index in [1.54, 1.807) is 31.3 Å². The summed E-state index contributed by atoms with van der Waals surface area (Å²) in [4.78, 5) is 27.4. The van der Waals surface area contributed by atoms with Crippen LogP contribution >= 0.6 is 11.6 Å². The van der Waals surface area contributed by atoms with Crippen molar-refractivity contribution in [2.45, 2.75) is 19.3 Å². The maximum absolute atomic E-state index is 13.0. The number of ether oxygens (including phenoxy) is 2. The topological polar surface area (TPSA) is 98.6 Å². The Hall–Kier alpha value is -3.59. The van der Waals surface area contributed by atoms with Crippen molar-refractivity contribution in [1.29, 1.82) is 0 Å². The SMILES string of the molecule is Cn1cc(C(=O)N2CCCCCOc3ccccc3Oc3ccc(Cl)cc3NC(=O)C2)nn1. The summed E-state index contributed by atoms with van der Waals surface area (Å²) in [5.41, 5.74) is 0.581. The summed E-state index contributed by atoms with van der Waals surface area (Å²) in [6, 6.07) is 12.3. The maximum Gasteiger partial charge on any atom is 0.276 e. The number of hydrogen-bond acceptors (Lipinski definition) is 6. The highest BCUT2D eigenvalue weighted by molar-refractivity contribution is 6.31. The minimum atomic E-state index is -0.376. The van der Waals surface area contributed by atoms with Gasteiger partial charge in [-0.05, 0) is 49.6 Å². The predicted octanol–water partition coefficient (Wildman–Crippen LogP) is 3.90. The van der Waals surface area contributed by atoms with Gasteiger partial charge in [-0.2, -0.15) is 0 Å². The van der Waals surface area contributed by atoms with Gasteiger partial charge in [0, 0.05) is 18.6 Å². The lowest BCUT2D eigenvalue weighted by Crippen LogP contribution is -2.39. The van der Waals surface area contributed by atoms with Crippen LogP contribution in [0.4, 0.5) is 5.69 Å². The normalized spacial score (nSPS) is 15.1. The quantitative estimate of drug-likeness (QED) is 0.580. The molecule has 0 aliphatic carbocycles. The highest BCUT2D eigenvalue weighted by atomic mass is 35.5. The summed E-state index contributed by atoms with van der Waals surface area (Å²) in [5, 5.41) is 11.0. The summed E-state index contributed by atoms with van der Waals surface area (Å²) >= 11 is 6.17. The third kappa shape index (κ3) is 5.81. The van der Waals surface area contributed by atoms with Crippen molar-refractivity contribution in [3.05, 3.63) is 59.4 Å². The number of para-hydroxylation sites is 2. The van der Waals surface area contributed by atoms with E-state index in [4.69, 9.17) is 21.1 Å². The Bertz CT molecular complexity index is 1150. The standard InChI is InChI=1S/C23H24ClN5O4/c1-28-14-18(26-27-28)23(31)29-11-5-2-6-12-32-20-7-3-4-8-21(20)33-19-10-9-16(24)13-17(19)25-22(30)15-29/h3-4,7-10,13-14H,2,5-6,11-12,15H2,1H3,(H,25,30). The minimum absolute atomic E-state index is 0.144. The molecule has 2 aromatic carbocycles. The monoisotopic (exact) mass is 469 g/mol. The zero-order valence-electron chi connectivity index (χ0n) is 18.2. The van der Waals surface area contributed by atoms with E-state index >= 15 is 0 Å². The zero-order chi connectivity index (χ0) is 23.2. The molecule has 2 heterocycles. The molecule has 0 fully saturated rings. The number of aryl methyl sites for hydroxylation is 1. The molecule has 172 valence electrons. The van der Waals surface area contributed by atoms with Crippen LogP contribution < -0.4 is 14.8 Å². The lowest BCUT2D eigenvalue weighted by Gasteiger charge is -2.21.